The zero-order chi connectivity index (χ0) is 18.0. The molecule has 2 aromatic heterocycles. The standard InChI is InChI=1S/C18H18N4O2S/c1-11-16(12(2)22(3)21-11)20-17(23)13-6-8-14(9-7-13)19-18(24)15-5-4-10-25-15/h4-10H,1-3H3,(H,19,24)(H,20,23). The monoisotopic (exact) mass is 354 g/mol. The minimum Gasteiger partial charge on any atom is -0.321 e. The van der Waals surface area contributed by atoms with Crippen molar-refractivity contribution in [1.29, 1.82) is 0 Å². The molecule has 0 aliphatic rings. The Morgan fingerprint density at radius 1 is 1.04 bits per heavy atom. The van der Waals surface area contributed by atoms with Gasteiger partial charge in [0.25, 0.3) is 11.8 Å². The highest BCUT2D eigenvalue weighted by Crippen LogP contribution is 2.20. The van der Waals surface area contributed by atoms with Gasteiger partial charge in [-0.15, -0.1) is 11.3 Å². The van der Waals surface area contributed by atoms with Gasteiger partial charge in [-0.1, -0.05) is 6.07 Å². The summed E-state index contributed by atoms with van der Waals surface area (Å²) >= 11 is 1.38. The number of carbonyl (C=O) groups excluding carboxylic acids is 2. The van der Waals surface area contributed by atoms with Gasteiger partial charge in [-0.3, -0.25) is 14.3 Å². The second kappa shape index (κ2) is 6.90. The molecule has 0 atom stereocenters. The van der Waals surface area contributed by atoms with E-state index in [1.54, 1.807) is 35.0 Å². The van der Waals surface area contributed by atoms with Gasteiger partial charge in [0.05, 0.1) is 22.0 Å². The maximum Gasteiger partial charge on any atom is 0.265 e. The summed E-state index contributed by atoms with van der Waals surface area (Å²) in [6, 6.07) is 10.4. The van der Waals surface area contributed by atoms with Crippen molar-refractivity contribution in [2.75, 3.05) is 10.6 Å². The first-order chi connectivity index (χ1) is 12.0. The Balaban J connectivity index is 1.69. The summed E-state index contributed by atoms with van der Waals surface area (Å²) in [4.78, 5) is 25.1. The third kappa shape index (κ3) is 3.61. The van der Waals surface area contributed by atoms with Gasteiger partial charge in [0.1, 0.15) is 0 Å². The number of thiophene rings is 1. The first-order valence-corrected chi connectivity index (χ1v) is 8.60. The summed E-state index contributed by atoms with van der Waals surface area (Å²) < 4.78 is 1.73. The van der Waals surface area contributed by atoms with Crippen LogP contribution in [-0.2, 0) is 7.05 Å². The number of nitrogens with one attached hydrogen (secondary N) is 2. The molecule has 0 aliphatic heterocycles. The number of nitrogens with zero attached hydrogens (tertiary/aromatic N) is 2. The summed E-state index contributed by atoms with van der Waals surface area (Å²) in [5.74, 6) is -0.371. The van der Waals surface area contributed by atoms with Crippen molar-refractivity contribution in [3.05, 3.63) is 63.6 Å². The van der Waals surface area contributed by atoms with Gasteiger partial charge in [0.15, 0.2) is 0 Å². The van der Waals surface area contributed by atoms with Crippen molar-refractivity contribution in [2.24, 2.45) is 7.05 Å². The Morgan fingerprint density at radius 2 is 1.76 bits per heavy atom. The van der Waals surface area contributed by atoms with Crippen LogP contribution in [0, 0.1) is 13.8 Å². The second-order valence-electron chi connectivity index (χ2n) is 5.63. The predicted molar refractivity (Wildman–Crippen MR) is 99.3 cm³/mol. The maximum absolute atomic E-state index is 12.4. The molecule has 0 unspecified atom stereocenters. The SMILES string of the molecule is Cc1nn(C)c(C)c1NC(=O)c1ccc(NC(=O)c2cccs2)cc1. The van der Waals surface area contributed by atoms with Crippen LogP contribution >= 0.6 is 11.3 Å². The van der Waals surface area contributed by atoms with Crippen molar-refractivity contribution < 1.29 is 9.59 Å². The Bertz CT molecular complexity index is 911. The van der Waals surface area contributed by atoms with Crippen molar-refractivity contribution in [3.63, 3.8) is 0 Å². The molecule has 0 bridgehead atoms. The molecule has 3 aromatic rings. The highest BCUT2D eigenvalue weighted by atomic mass is 32.1. The molecular weight excluding hydrogens is 336 g/mol. The molecule has 2 heterocycles. The Hall–Kier alpha value is -2.93. The first-order valence-electron chi connectivity index (χ1n) is 7.72. The number of aromatic nitrogens is 2. The van der Waals surface area contributed by atoms with Crippen molar-refractivity contribution in [2.45, 2.75) is 13.8 Å². The zero-order valence-corrected chi connectivity index (χ0v) is 15.0. The molecule has 7 heteroatoms. The number of rotatable bonds is 4. The quantitative estimate of drug-likeness (QED) is 0.751. The molecule has 6 nitrogen and oxygen atoms in total. The van der Waals surface area contributed by atoms with Gasteiger partial charge in [-0.25, -0.2) is 0 Å². The zero-order valence-electron chi connectivity index (χ0n) is 14.2. The predicted octanol–water partition coefficient (Wildman–Crippen LogP) is 3.60. The Kier molecular flexibility index (Phi) is 4.67. The van der Waals surface area contributed by atoms with Crippen molar-refractivity contribution in [1.82, 2.24) is 9.78 Å². The van der Waals surface area contributed by atoms with Crippen molar-refractivity contribution in [3.8, 4) is 0 Å². The van der Waals surface area contributed by atoms with Gasteiger partial charge in [-0.05, 0) is 49.6 Å². The lowest BCUT2D eigenvalue weighted by atomic mass is 10.2. The number of hydrogen-bond donors (Lipinski definition) is 2. The fourth-order valence-corrected chi connectivity index (χ4v) is 3.06. The van der Waals surface area contributed by atoms with E-state index in [1.807, 2.05) is 32.3 Å². The van der Waals surface area contributed by atoms with Crippen LogP contribution in [0.3, 0.4) is 0 Å². The van der Waals surface area contributed by atoms with E-state index in [1.165, 1.54) is 11.3 Å². The molecule has 3 rings (SSSR count). The number of hydrogen-bond acceptors (Lipinski definition) is 4. The average molecular weight is 354 g/mol. The molecule has 0 saturated heterocycles. The van der Waals surface area contributed by atoms with E-state index in [2.05, 4.69) is 15.7 Å². The third-order valence-corrected chi connectivity index (χ3v) is 4.77. The summed E-state index contributed by atoms with van der Waals surface area (Å²) in [7, 11) is 1.84. The lowest BCUT2D eigenvalue weighted by Gasteiger charge is -2.07. The highest BCUT2D eigenvalue weighted by molar-refractivity contribution is 7.12. The van der Waals surface area contributed by atoms with Crippen LogP contribution in [0.2, 0.25) is 0 Å². The fraction of sp³-hybridized carbons (Fsp3) is 0.167. The fourth-order valence-electron chi connectivity index (χ4n) is 2.45. The number of aryl methyl sites for hydroxylation is 2. The molecule has 2 amide bonds. The summed E-state index contributed by atoms with van der Waals surface area (Å²) in [6.45, 7) is 3.75. The van der Waals surface area contributed by atoms with Crippen LogP contribution < -0.4 is 10.6 Å². The van der Waals surface area contributed by atoms with E-state index in [0.717, 1.165) is 17.1 Å². The van der Waals surface area contributed by atoms with Crippen LogP contribution in [0.25, 0.3) is 0 Å². The third-order valence-electron chi connectivity index (χ3n) is 3.90. The van der Waals surface area contributed by atoms with E-state index in [9.17, 15) is 9.59 Å². The van der Waals surface area contributed by atoms with E-state index in [-0.39, 0.29) is 11.8 Å². The molecule has 0 fully saturated rings. The largest absolute Gasteiger partial charge is 0.321 e. The molecular formula is C18H18N4O2S. The maximum atomic E-state index is 12.4. The highest BCUT2D eigenvalue weighted by Gasteiger charge is 2.14. The lowest BCUT2D eigenvalue weighted by Crippen LogP contribution is -2.14. The molecule has 0 aliphatic carbocycles. The Labute approximate surface area is 149 Å². The van der Waals surface area contributed by atoms with Gasteiger partial charge >= 0.3 is 0 Å². The number of carbonyl (C=O) groups is 2. The summed E-state index contributed by atoms with van der Waals surface area (Å²) in [5.41, 5.74) is 3.54. The summed E-state index contributed by atoms with van der Waals surface area (Å²) in [5, 5.41) is 11.8. The molecule has 1 aromatic carbocycles. The Morgan fingerprint density at radius 3 is 2.32 bits per heavy atom. The molecule has 0 radical (unpaired) electrons. The van der Waals surface area contributed by atoms with Crippen LogP contribution in [-0.4, -0.2) is 21.6 Å². The minimum absolute atomic E-state index is 0.159. The number of benzene rings is 1. The van der Waals surface area contributed by atoms with E-state index < -0.39 is 0 Å². The smallest absolute Gasteiger partial charge is 0.265 e. The summed E-state index contributed by atoms with van der Waals surface area (Å²) in [6.07, 6.45) is 0. The van der Waals surface area contributed by atoms with Crippen LogP contribution in [0.4, 0.5) is 11.4 Å². The molecule has 0 spiro atoms. The van der Waals surface area contributed by atoms with Gasteiger partial charge in [0.2, 0.25) is 0 Å². The van der Waals surface area contributed by atoms with Gasteiger partial charge in [0, 0.05) is 18.3 Å². The average Bonchev–Trinajstić information content (AvgIpc) is 3.20. The number of anilines is 2. The van der Waals surface area contributed by atoms with Crippen LogP contribution in [0.1, 0.15) is 31.4 Å². The van der Waals surface area contributed by atoms with E-state index in [4.69, 9.17) is 0 Å². The van der Waals surface area contributed by atoms with Gasteiger partial charge in [-0.2, -0.15) is 5.10 Å². The topological polar surface area (TPSA) is 76.0 Å². The number of amides is 2. The second-order valence-corrected chi connectivity index (χ2v) is 6.58. The molecule has 128 valence electrons. The van der Waals surface area contributed by atoms with E-state index >= 15 is 0 Å². The van der Waals surface area contributed by atoms with E-state index in [0.29, 0.717) is 16.1 Å². The minimum atomic E-state index is -0.213. The van der Waals surface area contributed by atoms with Crippen LogP contribution in [0.15, 0.2) is 41.8 Å². The normalized spacial score (nSPS) is 10.5. The van der Waals surface area contributed by atoms with Crippen molar-refractivity contribution >= 4 is 34.5 Å². The molecule has 0 saturated carbocycles. The van der Waals surface area contributed by atoms with Gasteiger partial charge < -0.3 is 10.6 Å². The molecule has 25 heavy (non-hydrogen) atoms. The lowest BCUT2D eigenvalue weighted by molar-refractivity contribution is 0.102. The molecule has 2 N–H and O–H groups in total. The first kappa shape index (κ1) is 16.9. The van der Waals surface area contributed by atoms with Crippen LogP contribution in [0.5, 0.6) is 0 Å².